The van der Waals surface area contributed by atoms with Crippen molar-refractivity contribution >= 4 is 20.0 Å². The quantitative estimate of drug-likeness (QED) is 0.713. The summed E-state index contributed by atoms with van der Waals surface area (Å²) in [5.41, 5.74) is 0. The molecule has 2 fully saturated rings. The summed E-state index contributed by atoms with van der Waals surface area (Å²) in [5, 5.41) is 0. The Labute approximate surface area is 141 Å². The predicted octanol–water partition coefficient (Wildman–Crippen LogP) is -0.179. The van der Waals surface area contributed by atoms with Gasteiger partial charge in [-0.2, -0.15) is 0 Å². The van der Waals surface area contributed by atoms with Crippen molar-refractivity contribution in [1.29, 1.82) is 0 Å². The van der Waals surface area contributed by atoms with Crippen molar-refractivity contribution in [1.82, 2.24) is 9.44 Å². The lowest BCUT2D eigenvalue weighted by Crippen LogP contribution is -2.35. The van der Waals surface area contributed by atoms with Gasteiger partial charge < -0.3 is 9.47 Å². The second kappa shape index (κ2) is 7.06. The van der Waals surface area contributed by atoms with E-state index in [2.05, 4.69) is 9.44 Å². The summed E-state index contributed by atoms with van der Waals surface area (Å²) in [4.78, 5) is 0.0510. The van der Waals surface area contributed by atoms with Crippen LogP contribution >= 0.6 is 0 Å². The Kier molecular flexibility index (Phi) is 5.23. The average molecular weight is 376 g/mol. The zero-order chi connectivity index (χ0) is 17.2. The van der Waals surface area contributed by atoms with Crippen LogP contribution in [-0.2, 0) is 29.5 Å². The molecule has 8 nitrogen and oxygen atoms in total. The molecule has 2 aliphatic rings. The van der Waals surface area contributed by atoms with Crippen LogP contribution in [0, 0.1) is 0 Å². The Balaban J connectivity index is 1.72. The lowest BCUT2D eigenvalue weighted by molar-refractivity contribution is 0.192. The Bertz CT molecular complexity index is 697. The molecule has 0 aromatic heterocycles. The van der Waals surface area contributed by atoms with Crippen LogP contribution in [0.2, 0.25) is 0 Å². The minimum Gasteiger partial charge on any atom is -0.380 e. The molecule has 2 saturated heterocycles. The van der Waals surface area contributed by atoms with Crippen molar-refractivity contribution < 1.29 is 26.3 Å². The van der Waals surface area contributed by atoms with Gasteiger partial charge in [-0.3, -0.25) is 0 Å². The number of rotatable bonds is 6. The van der Waals surface area contributed by atoms with Crippen LogP contribution in [0.4, 0.5) is 0 Å². The maximum atomic E-state index is 12.3. The van der Waals surface area contributed by atoms with Gasteiger partial charge in [0.05, 0.1) is 23.0 Å². The number of ether oxygens (including phenoxy) is 2. The monoisotopic (exact) mass is 376 g/mol. The molecule has 2 heterocycles. The molecule has 0 aliphatic carbocycles. The van der Waals surface area contributed by atoms with E-state index in [9.17, 15) is 16.8 Å². The smallest absolute Gasteiger partial charge is 0.240 e. The first-order valence-corrected chi connectivity index (χ1v) is 10.6. The van der Waals surface area contributed by atoms with E-state index in [-0.39, 0.29) is 21.9 Å². The Morgan fingerprint density at radius 3 is 1.42 bits per heavy atom. The van der Waals surface area contributed by atoms with Gasteiger partial charge in [-0.05, 0) is 37.1 Å². The van der Waals surface area contributed by atoms with Crippen molar-refractivity contribution in [2.24, 2.45) is 0 Å². The molecule has 2 aliphatic heterocycles. The summed E-state index contributed by atoms with van der Waals surface area (Å²) >= 11 is 0. The van der Waals surface area contributed by atoms with Crippen molar-refractivity contribution in [3.05, 3.63) is 24.3 Å². The zero-order valence-electron chi connectivity index (χ0n) is 13.0. The highest BCUT2D eigenvalue weighted by molar-refractivity contribution is 7.90. The SMILES string of the molecule is O=S(=O)(NC1CCOC1)c1ccc(S(=O)(=O)NC2CCOC2)cc1. The van der Waals surface area contributed by atoms with Gasteiger partial charge in [-0.15, -0.1) is 0 Å². The van der Waals surface area contributed by atoms with Gasteiger partial charge in [0.2, 0.25) is 20.0 Å². The van der Waals surface area contributed by atoms with E-state index in [1.165, 1.54) is 24.3 Å². The van der Waals surface area contributed by atoms with Crippen LogP contribution < -0.4 is 9.44 Å². The van der Waals surface area contributed by atoms with Crippen LogP contribution in [0.3, 0.4) is 0 Å². The van der Waals surface area contributed by atoms with E-state index < -0.39 is 20.0 Å². The van der Waals surface area contributed by atoms with Gasteiger partial charge in [0.15, 0.2) is 0 Å². The molecule has 0 saturated carbocycles. The lowest BCUT2D eigenvalue weighted by Gasteiger charge is -2.13. The molecule has 10 heteroatoms. The maximum Gasteiger partial charge on any atom is 0.240 e. The number of benzene rings is 1. The molecule has 0 amide bonds. The van der Waals surface area contributed by atoms with Crippen LogP contribution in [-0.4, -0.2) is 55.3 Å². The highest BCUT2D eigenvalue weighted by Crippen LogP contribution is 2.17. The van der Waals surface area contributed by atoms with E-state index >= 15 is 0 Å². The topological polar surface area (TPSA) is 111 Å². The third kappa shape index (κ3) is 4.13. The summed E-state index contributed by atoms with van der Waals surface area (Å²) in [7, 11) is -7.39. The van der Waals surface area contributed by atoms with Crippen molar-refractivity contribution in [3.63, 3.8) is 0 Å². The molecule has 2 atom stereocenters. The Hall–Kier alpha value is -1.04. The molecule has 2 unspecified atom stereocenters. The van der Waals surface area contributed by atoms with Crippen molar-refractivity contribution in [3.8, 4) is 0 Å². The lowest BCUT2D eigenvalue weighted by atomic mass is 10.3. The molecule has 0 bridgehead atoms. The van der Waals surface area contributed by atoms with E-state index in [0.717, 1.165) is 0 Å². The zero-order valence-corrected chi connectivity index (χ0v) is 14.6. The Morgan fingerprint density at radius 2 is 1.12 bits per heavy atom. The van der Waals surface area contributed by atoms with E-state index in [0.29, 0.717) is 39.3 Å². The molecule has 24 heavy (non-hydrogen) atoms. The fourth-order valence-electron chi connectivity index (χ4n) is 2.63. The molecule has 1 aromatic carbocycles. The molecule has 1 aromatic rings. The molecule has 2 N–H and O–H groups in total. The van der Waals surface area contributed by atoms with Gasteiger partial charge in [-0.1, -0.05) is 0 Å². The van der Waals surface area contributed by atoms with Crippen LogP contribution in [0.1, 0.15) is 12.8 Å². The summed E-state index contributed by atoms with van der Waals surface area (Å²) in [6.07, 6.45) is 1.25. The fourth-order valence-corrected chi connectivity index (χ4v) is 5.14. The number of nitrogens with one attached hydrogen (secondary N) is 2. The molecular formula is C14H20N2O6S2. The Morgan fingerprint density at radius 1 is 0.750 bits per heavy atom. The first-order valence-electron chi connectivity index (χ1n) is 7.67. The number of hydrogen-bond donors (Lipinski definition) is 2. The first kappa shape index (κ1) is 17.8. The minimum atomic E-state index is -3.69. The summed E-state index contributed by atoms with van der Waals surface area (Å²) in [5.74, 6) is 0. The second-order valence-electron chi connectivity index (χ2n) is 5.84. The molecule has 0 spiro atoms. The molecule has 3 rings (SSSR count). The summed E-state index contributed by atoms with van der Waals surface area (Å²) in [6, 6.07) is 4.66. The molecular weight excluding hydrogens is 356 g/mol. The van der Waals surface area contributed by atoms with Crippen molar-refractivity contribution in [2.75, 3.05) is 26.4 Å². The molecule has 134 valence electrons. The number of sulfonamides is 2. The highest BCUT2D eigenvalue weighted by Gasteiger charge is 2.26. The summed E-state index contributed by atoms with van der Waals surface area (Å²) < 4.78 is 64.5. The largest absolute Gasteiger partial charge is 0.380 e. The number of hydrogen-bond acceptors (Lipinski definition) is 6. The third-order valence-electron chi connectivity index (χ3n) is 3.95. The molecule has 0 radical (unpaired) electrons. The van der Waals surface area contributed by atoms with E-state index in [1.807, 2.05) is 0 Å². The fraction of sp³-hybridized carbons (Fsp3) is 0.571. The minimum absolute atomic E-state index is 0.0255. The third-order valence-corrected chi connectivity index (χ3v) is 7.02. The van der Waals surface area contributed by atoms with E-state index in [1.54, 1.807) is 0 Å². The van der Waals surface area contributed by atoms with Gasteiger partial charge in [0, 0.05) is 25.3 Å². The highest BCUT2D eigenvalue weighted by atomic mass is 32.2. The van der Waals surface area contributed by atoms with Crippen LogP contribution in [0.5, 0.6) is 0 Å². The van der Waals surface area contributed by atoms with E-state index in [4.69, 9.17) is 9.47 Å². The first-order chi connectivity index (χ1) is 11.4. The van der Waals surface area contributed by atoms with Gasteiger partial charge in [0.25, 0.3) is 0 Å². The summed E-state index contributed by atoms with van der Waals surface area (Å²) in [6.45, 7) is 1.75. The predicted molar refractivity (Wildman–Crippen MR) is 85.5 cm³/mol. The van der Waals surface area contributed by atoms with Crippen molar-refractivity contribution in [2.45, 2.75) is 34.7 Å². The van der Waals surface area contributed by atoms with Gasteiger partial charge in [0.1, 0.15) is 0 Å². The van der Waals surface area contributed by atoms with Crippen LogP contribution in [0.25, 0.3) is 0 Å². The van der Waals surface area contributed by atoms with Gasteiger partial charge in [-0.25, -0.2) is 26.3 Å². The standard InChI is InChI=1S/C14H20N2O6S2/c17-23(18,15-11-5-7-21-9-11)13-1-2-14(4-3-13)24(19,20)16-12-6-8-22-10-12/h1-4,11-12,15-16H,5-10H2. The maximum absolute atomic E-state index is 12.3. The second-order valence-corrected chi connectivity index (χ2v) is 9.26. The average Bonchev–Trinajstić information content (AvgIpc) is 3.20. The van der Waals surface area contributed by atoms with Gasteiger partial charge >= 0.3 is 0 Å². The van der Waals surface area contributed by atoms with Crippen LogP contribution in [0.15, 0.2) is 34.1 Å². The normalized spacial score (nSPS) is 25.2.